The highest BCUT2D eigenvalue weighted by atomic mass is 32.2. The fraction of sp³-hybridized carbons (Fsp3) is 0.444. The van der Waals surface area contributed by atoms with Gasteiger partial charge >= 0.3 is 24.5 Å². The molecule has 4 rings (SSSR count). The van der Waals surface area contributed by atoms with E-state index in [2.05, 4.69) is 19.9 Å². The molecule has 4 amide bonds. The lowest BCUT2D eigenvalue weighted by Gasteiger charge is -2.27. The molecule has 11 nitrogen and oxygen atoms in total. The topological polar surface area (TPSA) is 132 Å². The number of nitrogens with one attached hydrogen (secondary N) is 1. The lowest BCUT2D eigenvalue weighted by atomic mass is 10.0. The van der Waals surface area contributed by atoms with Crippen molar-refractivity contribution in [1.29, 1.82) is 0 Å². The Bertz CT molecular complexity index is 1390. The Labute approximate surface area is 257 Å². The standard InChI is InChI=1S/C25H28F3N5O4S.C2HF3O2/c1-24(2)22(35)33(23(36)32(24)16-17-5-8-29-9-6-17)18-3-4-20(37-25(26,27)28)19(15-18)30-21(34)7-10-31-11-13-38-14-12-31;3-2(4,5)1(6)7/h3-6,8-9,15H,7,10-14,16H2,1-2H3,(H,30,34);(H,6,7). The zero-order valence-electron chi connectivity index (χ0n) is 23.9. The van der Waals surface area contributed by atoms with Gasteiger partial charge in [-0.05, 0) is 49.7 Å². The van der Waals surface area contributed by atoms with Crippen molar-refractivity contribution in [2.24, 2.45) is 0 Å². The first-order chi connectivity index (χ1) is 20.9. The number of ether oxygens (including phenoxy) is 1. The molecule has 2 N–H and O–H groups in total. The van der Waals surface area contributed by atoms with Gasteiger partial charge in [0.15, 0.2) is 5.75 Å². The molecule has 2 fully saturated rings. The third-order valence-electron chi connectivity index (χ3n) is 6.64. The Hall–Kier alpha value is -4.06. The van der Waals surface area contributed by atoms with Crippen molar-refractivity contribution >= 4 is 47.0 Å². The number of rotatable bonds is 8. The summed E-state index contributed by atoms with van der Waals surface area (Å²) >= 11 is 1.83. The normalized spacial score (nSPS) is 17.1. The maximum Gasteiger partial charge on any atom is 0.573 e. The van der Waals surface area contributed by atoms with Crippen LogP contribution in [0.15, 0.2) is 42.7 Å². The molecule has 0 unspecified atom stereocenters. The van der Waals surface area contributed by atoms with E-state index in [0.717, 1.165) is 47.2 Å². The van der Waals surface area contributed by atoms with E-state index >= 15 is 0 Å². The number of aliphatic carboxylic acids is 1. The van der Waals surface area contributed by atoms with Crippen LogP contribution in [0.5, 0.6) is 5.75 Å². The monoisotopic (exact) mass is 665 g/mol. The Morgan fingerprint density at radius 3 is 2.20 bits per heavy atom. The average Bonchev–Trinajstić information content (AvgIpc) is 3.12. The Balaban J connectivity index is 0.000000707. The number of hydrogen-bond donors (Lipinski definition) is 2. The van der Waals surface area contributed by atoms with Gasteiger partial charge in [-0.2, -0.15) is 24.9 Å². The zero-order valence-corrected chi connectivity index (χ0v) is 24.8. The van der Waals surface area contributed by atoms with Crippen molar-refractivity contribution in [2.45, 2.75) is 44.9 Å². The quantitative estimate of drug-likeness (QED) is 0.303. The number of aromatic nitrogens is 1. The maximum absolute atomic E-state index is 13.4. The molecule has 246 valence electrons. The number of carboxylic acids is 1. The molecule has 1 aromatic heterocycles. The number of halogens is 6. The van der Waals surface area contributed by atoms with Gasteiger partial charge in [0.1, 0.15) is 5.54 Å². The van der Waals surface area contributed by atoms with E-state index in [1.54, 1.807) is 38.4 Å². The predicted molar refractivity (Wildman–Crippen MR) is 151 cm³/mol. The second kappa shape index (κ2) is 14.4. The SMILES string of the molecule is CC1(C)C(=O)N(c2ccc(OC(F)(F)F)c(NC(=O)CCN3CCSCC3)c2)C(=O)N1Cc1ccncc1.O=C(O)C(F)(F)F. The molecule has 0 radical (unpaired) electrons. The first kappa shape index (κ1) is 35.4. The summed E-state index contributed by atoms with van der Waals surface area (Å²) in [7, 11) is 0. The molecule has 3 heterocycles. The molecular weight excluding hydrogens is 636 g/mol. The van der Waals surface area contributed by atoms with E-state index in [0.29, 0.717) is 6.54 Å². The fourth-order valence-corrected chi connectivity index (χ4v) is 5.24. The van der Waals surface area contributed by atoms with E-state index in [1.165, 1.54) is 11.0 Å². The second-order valence-electron chi connectivity index (χ2n) is 10.2. The highest BCUT2D eigenvalue weighted by molar-refractivity contribution is 7.99. The van der Waals surface area contributed by atoms with Crippen LogP contribution >= 0.6 is 11.8 Å². The summed E-state index contributed by atoms with van der Waals surface area (Å²) in [5.74, 6) is -2.55. The Kier molecular flexibility index (Phi) is 11.3. The number of carbonyl (C=O) groups is 4. The first-order valence-electron chi connectivity index (χ1n) is 13.2. The van der Waals surface area contributed by atoms with Crippen LogP contribution in [-0.2, 0) is 20.9 Å². The van der Waals surface area contributed by atoms with E-state index in [9.17, 15) is 40.7 Å². The molecular formula is C27H29F6N5O6S. The van der Waals surface area contributed by atoms with E-state index in [1.807, 2.05) is 11.8 Å². The summed E-state index contributed by atoms with van der Waals surface area (Å²) in [6.45, 7) is 5.45. The fourth-order valence-electron chi connectivity index (χ4n) is 4.27. The summed E-state index contributed by atoms with van der Waals surface area (Å²) in [6.07, 6.45) is -6.88. The number of carbonyl (C=O) groups excluding carboxylic acids is 3. The molecule has 2 aliphatic heterocycles. The molecule has 0 aliphatic carbocycles. The molecule has 1 aromatic carbocycles. The summed E-state index contributed by atoms with van der Waals surface area (Å²) in [6, 6.07) is 6.12. The Morgan fingerprint density at radius 1 is 1.04 bits per heavy atom. The van der Waals surface area contributed by atoms with Crippen molar-refractivity contribution < 1.29 is 55.4 Å². The number of thioether (sulfide) groups is 1. The van der Waals surface area contributed by atoms with Crippen LogP contribution in [0.4, 0.5) is 42.5 Å². The second-order valence-corrected chi connectivity index (χ2v) is 11.4. The summed E-state index contributed by atoms with van der Waals surface area (Å²) in [4.78, 5) is 56.6. The number of benzene rings is 1. The number of imide groups is 1. The minimum Gasteiger partial charge on any atom is -0.475 e. The van der Waals surface area contributed by atoms with Crippen molar-refractivity contribution in [1.82, 2.24) is 14.8 Å². The third kappa shape index (κ3) is 9.71. The van der Waals surface area contributed by atoms with Gasteiger partial charge in [0.2, 0.25) is 5.91 Å². The largest absolute Gasteiger partial charge is 0.573 e. The number of carboxylic acid groups (broad SMARTS) is 1. The van der Waals surface area contributed by atoms with Crippen LogP contribution in [0.25, 0.3) is 0 Å². The number of hydrogen-bond acceptors (Lipinski definition) is 8. The smallest absolute Gasteiger partial charge is 0.475 e. The maximum atomic E-state index is 13.4. The first-order valence-corrected chi connectivity index (χ1v) is 14.4. The zero-order chi connectivity index (χ0) is 33.6. The predicted octanol–water partition coefficient (Wildman–Crippen LogP) is 4.74. The van der Waals surface area contributed by atoms with Crippen molar-refractivity contribution in [3.63, 3.8) is 0 Å². The lowest BCUT2D eigenvalue weighted by Crippen LogP contribution is -2.43. The van der Waals surface area contributed by atoms with Gasteiger partial charge in [0, 0.05) is 56.5 Å². The van der Waals surface area contributed by atoms with E-state index in [-0.39, 0.29) is 24.3 Å². The van der Waals surface area contributed by atoms with Gasteiger partial charge in [-0.3, -0.25) is 14.6 Å². The van der Waals surface area contributed by atoms with E-state index < -0.39 is 47.6 Å². The minimum absolute atomic E-state index is 0.0168. The number of amides is 4. The molecule has 2 saturated heterocycles. The van der Waals surface area contributed by atoms with Crippen LogP contribution in [0, 0.1) is 0 Å². The van der Waals surface area contributed by atoms with Gasteiger partial charge < -0.3 is 25.0 Å². The van der Waals surface area contributed by atoms with Crippen LogP contribution in [-0.4, -0.2) is 92.9 Å². The number of pyridine rings is 1. The molecule has 0 spiro atoms. The molecule has 2 aliphatic rings. The lowest BCUT2D eigenvalue weighted by molar-refractivity contribution is -0.274. The summed E-state index contributed by atoms with van der Waals surface area (Å²) < 4.78 is 75.0. The average molecular weight is 666 g/mol. The molecule has 0 atom stereocenters. The Morgan fingerprint density at radius 2 is 1.64 bits per heavy atom. The summed E-state index contributed by atoms with van der Waals surface area (Å²) in [5.41, 5.74) is -0.740. The molecule has 2 aromatic rings. The van der Waals surface area contributed by atoms with Crippen LogP contribution in [0.2, 0.25) is 0 Å². The van der Waals surface area contributed by atoms with Crippen molar-refractivity contribution in [3.8, 4) is 5.75 Å². The van der Waals surface area contributed by atoms with Gasteiger partial charge in [-0.1, -0.05) is 0 Å². The van der Waals surface area contributed by atoms with Crippen LogP contribution in [0.3, 0.4) is 0 Å². The molecule has 18 heteroatoms. The van der Waals surface area contributed by atoms with E-state index in [4.69, 9.17) is 9.90 Å². The van der Waals surface area contributed by atoms with Gasteiger partial charge in [-0.15, -0.1) is 13.2 Å². The third-order valence-corrected chi connectivity index (χ3v) is 7.58. The number of anilines is 2. The molecule has 0 bridgehead atoms. The number of nitrogens with zero attached hydrogens (tertiary/aromatic N) is 4. The van der Waals surface area contributed by atoms with Crippen LogP contribution in [0.1, 0.15) is 25.8 Å². The van der Waals surface area contributed by atoms with Gasteiger partial charge in [0.05, 0.1) is 11.4 Å². The highest BCUT2D eigenvalue weighted by Gasteiger charge is 2.52. The van der Waals surface area contributed by atoms with Crippen molar-refractivity contribution in [2.75, 3.05) is 41.4 Å². The number of alkyl halides is 6. The van der Waals surface area contributed by atoms with Crippen LogP contribution < -0.4 is 15.0 Å². The number of urea groups is 1. The summed E-state index contributed by atoms with van der Waals surface area (Å²) in [5, 5.41) is 9.60. The minimum atomic E-state index is -5.08. The van der Waals surface area contributed by atoms with Gasteiger partial charge in [0.25, 0.3) is 5.91 Å². The van der Waals surface area contributed by atoms with Crippen molar-refractivity contribution in [3.05, 3.63) is 48.3 Å². The molecule has 0 saturated carbocycles. The highest BCUT2D eigenvalue weighted by Crippen LogP contribution is 2.38. The molecule has 45 heavy (non-hydrogen) atoms. The van der Waals surface area contributed by atoms with Gasteiger partial charge in [-0.25, -0.2) is 14.5 Å².